The Morgan fingerprint density at radius 3 is 2.93 bits per heavy atom. The highest BCUT2D eigenvalue weighted by Crippen LogP contribution is 2.17. The number of para-hydroxylation sites is 1. The third kappa shape index (κ3) is 1.78. The Kier molecular flexibility index (Phi) is 2.53. The highest BCUT2D eigenvalue weighted by molar-refractivity contribution is 5.78. The molecule has 2 aromatic rings. The summed E-state index contributed by atoms with van der Waals surface area (Å²) in [5.41, 5.74) is 6.21. The lowest BCUT2D eigenvalue weighted by molar-refractivity contribution is 0.601. The average Bonchev–Trinajstić information content (AvgIpc) is 2.60. The minimum absolute atomic E-state index is 0.591. The van der Waals surface area contributed by atoms with Crippen LogP contribution in [-0.4, -0.2) is 6.54 Å². The summed E-state index contributed by atoms with van der Waals surface area (Å²) in [6, 6.07) is 9.81. The maximum absolute atomic E-state index is 5.50. The van der Waals surface area contributed by atoms with Gasteiger partial charge in [0.15, 0.2) is 5.76 Å². The molecule has 1 aromatic carbocycles. The molecular weight excluding hydrogens is 174 g/mol. The van der Waals surface area contributed by atoms with Gasteiger partial charge < -0.3 is 10.2 Å². The van der Waals surface area contributed by atoms with Crippen LogP contribution in [0.3, 0.4) is 0 Å². The van der Waals surface area contributed by atoms with Gasteiger partial charge in [0.25, 0.3) is 0 Å². The number of fused-ring (bicyclic) bond motifs is 1. The van der Waals surface area contributed by atoms with Crippen LogP contribution in [0, 0.1) is 11.8 Å². The molecule has 0 bridgehead atoms. The number of rotatable bonds is 1. The van der Waals surface area contributed by atoms with Crippen molar-refractivity contribution in [1.82, 2.24) is 0 Å². The number of furan rings is 1. The van der Waals surface area contributed by atoms with Crippen LogP contribution in [0.25, 0.3) is 11.0 Å². The second kappa shape index (κ2) is 3.99. The Morgan fingerprint density at radius 1 is 1.29 bits per heavy atom. The molecule has 0 spiro atoms. The molecule has 0 aliphatic heterocycles. The zero-order valence-corrected chi connectivity index (χ0v) is 7.79. The van der Waals surface area contributed by atoms with Crippen LogP contribution in [-0.2, 0) is 0 Å². The first-order valence-corrected chi connectivity index (χ1v) is 4.57. The van der Waals surface area contributed by atoms with Crippen molar-refractivity contribution in [3.05, 3.63) is 36.1 Å². The van der Waals surface area contributed by atoms with Crippen LogP contribution in [0.1, 0.15) is 12.2 Å². The molecule has 2 nitrogen and oxygen atoms in total. The Morgan fingerprint density at radius 2 is 2.14 bits per heavy atom. The molecule has 2 N–H and O–H groups in total. The quantitative estimate of drug-likeness (QED) is 0.691. The van der Waals surface area contributed by atoms with Gasteiger partial charge >= 0.3 is 0 Å². The predicted molar refractivity (Wildman–Crippen MR) is 56.8 cm³/mol. The van der Waals surface area contributed by atoms with Crippen LogP contribution in [0.2, 0.25) is 0 Å². The zero-order valence-electron chi connectivity index (χ0n) is 7.79. The van der Waals surface area contributed by atoms with E-state index < -0.39 is 0 Å². The summed E-state index contributed by atoms with van der Waals surface area (Å²) in [7, 11) is 0. The molecule has 2 rings (SSSR count). The van der Waals surface area contributed by atoms with Gasteiger partial charge in [-0.3, -0.25) is 0 Å². The Labute approximate surface area is 82.7 Å². The molecule has 0 saturated heterocycles. The van der Waals surface area contributed by atoms with E-state index in [-0.39, 0.29) is 0 Å². The van der Waals surface area contributed by atoms with Crippen LogP contribution in [0.15, 0.2) is 34.7 Å². The monoisotopic (exact) mass is 185 g/mol. The van der Waals surface area contributed by atoms with E-state index in [1.165, 1.54) is 0 Å². The van der Waals surface area contributed by atoms with Gasteiger partial charge in [-0.2, -0.15) is 0 Å². The second-order valence-corrected chi connectivity index (χ2v) is 2.99. The molecule has 1 aromatic heterocycles. The first kappa shape index (κ1) is 8.86. The minimum atomic E-state index is 0.591. The largest absolute Gasteiger partial charge is 0.448 e. The lowest BCUT2D eigenvalue weighted by Gasteiger charge is -1.82. The van der Waals surface area contributed by atoms with E-state index in [9.17, 15) is 0 Å². The molecule has 0 fully saturated rings. The van der Waals surface area contributed by atoms with Gasteiger partial charge in [-0.1, -0.05) is 24.1 Å². The fourth-order valence-electron chi connectivity index (χ4n) is 1.27. The lowest BCUT2D eigenvalue weighted by atomic mass is 10.2. The second-order valence-electron chi connectivity index (χ2n) is 2.99. The molecule has 0 unspecified atom stereocenters. The molecule has 1 heterocycles. The molecular formula is C12H11NO. The van der Waals surface area contributed by atoms with Crippen LogP contribution in [0.4, 0.5) is 0 Å². The molecule has 0 aliphatic carbocycles. The Balaban J connectivity index is 2.33. The molecule has 14 heavy (non-hydrogen) atoms. The predicted octanol–water partition coefficient (Wildman–Crippen LogP) is 2.13. The maximum Gasteiger partial charge on any atom is 0.178 e. The summed E-state index contributed by atoms with van der Waals surface area (Å²) in [5.74, 6) is 6.59. The third-order valence-corrected chi connectivity index (χ3v) is 1.91. The lowest BCUT2D eigenvalue weighted by Crippen LogP contribution is -1.95. The van der Waals surface area contributed by atoms with Gasteiger partial charge in [0, 0.05) is 24.4 Å². The van der Waals surface area contributed by atoms with Crippen LogP contribution < -0.4 is 5.73 Å². The van der Waals surface area contributed by atoms with E-state index in [0.29, 0.717) is 18.7 Å². The van der Waals surface area contributed by atoms with Gasteiger partial charge in [-0.15, -0.1) is 0 Å². The molecule has 2 heteroatoms. The molecule has 0 amide bonds. The van der Waals surface area contributed by atoms with Crippen LogP contribution >= 0.6 is 0 Å². The number of hydrogen-bond donors (Lipinski definition) is 1. The summed E-state index contributed by atoms with van der Waals surface area (Å²) < 4.78 is 5.50. The zero-order chi connectivity index (χ0) is 9.80. The first-order chi connectivity index (χ1) is 6.90. The molecule has 0 saturated carbocycles. The fourth-order valence-corrected chi connectivity index (χ4v) is 1.27. The average molecular weight is 185 g/mol. The summed E-state index contributed by atoms with van der Waals surface area (Å²) in [4.78, 5) is 0. The maximum atomic E-state index is 5.50. The van der Waals surface area contributed by atoms with Crippen molar-refractivity contribution in [3.8, 4) is 11.8 Å². The van der Waals surface area contributed by atoms with Gasteiger partial charge in [-0.25, -0.2) is 0 Å². The minimum Gasteiger partial charge on any atom is -0.448 e. The number of nitrogens with two attached hydrogens (primary N) is 1. The highest BCUT2D eigenvalue weighted by Gasteiger charge is 1.98. The number of benzene rings is 1. The van der Waals surface area contributed by atoms with E-state index in [1.54, 1.807) is 0 Å². The van der Waals surface area contributed by atoms with Crippen molar-refractivity contribution >= 4 is 11.0 Å². The van der Waals surface area contributed by atoms with E-state index >= 15 is 0 Å². The Hall–Kier alpha value is -1.72. The molecule has 0 radical (unpaired) electrons. The van der Waals surface area contributed by atoms with Crippen molar-refractivity contribution in [3.63, 3.8) is 0 Å². The van der Waals surface area contributed by atoms with Crippen molar-refractivity contribution < 1.29 is 4.42 Å². The highest BCUT2D eigenvalue weighted by atomic mass is 16.3. The Bertz CT molecular complexity index is 454. The third-order valence-electron chi connectivity index (χ3n) is 1.91. The van der Waals surface area contributed by atoms with Gasteiger partial charge in [0.05, 0.1) is 0 Å². The number of hydrogen-bond acceptors (Lipinski definition) is 2. The van der Waals surface area contributed by atoms with Crippen LogP contribution in [0.5, 0.6) is 0 Å². The standard InChI is InChI=1S/C12H11NO/c13-8-4-3-6-11-9-10-5-1-2-7-12(10)14-11/h1-2,5,7,9H,4,8,13H2. The summed E-state index contributed by atoms with van der Waals surface area (Å²) in [5, 5.41) is 1.09. The van der Waals surface area contributed by atoms with E-state index in [4.69, 9.17) is 10.2 Å². The summed E-state index contributed by atoms with van der Waals surface area (Å²) in [6.07, 6.45) is 0.705. The molecule has 0 atom stereocenters. The van der Waals surface area contributed by atoms with Crippen molar-refractivity contribution in [1.29, 1.82) is 0 Å². The molecule has 0 aliphatic rings. The molecule has 70 valence electrons. The van der Waals surface area contributed by atoms with Gasteiger partial charge in [-0.05, 0) is 12.0 Å². The van der Waals surface area contributed by atoms with E-state index in [1.807, 2.05) is 30.3 Å². The topological polar surface area (TPSA) is 39.2 Å². The summed E-state index contributed by atoms with van der Waals surface area (Å²) in [6.45, 7) is 0.591. The summed E-state index contributed by atoms with van der Waals surface area (Å²) >= 11 is 0. The smallest absolute Gasteiger partial charge is 0.178 e. The van der Waals surface area contributed by atoms with E-state index in [0.717, 1.165) is 11.0 Å². The van der Waals surface area contributed by atoms with Gasteiger partial charge in [0.1, 0.15) is 5.58 Å². The van der Waals surface area contributed by atoms with Crippen molar-refractivity contribution in [2.45, 2.75) is 6.42 Å². The fraction of sp³-hybridized carbons (Fsp3) is 0.167. The van der Waals surface area contributed by atoms with Crippen molar-refractivity contribution in [2.75, 3.05) is 6.54 Å². The van der Waals surface area contributed by atoms with Crippen molar-refractivity contribution in [2.24, 2.45) is 5.73 Å². The normalized spacial score (nSPS) is 9.79. The van der Waals surface area contributed by atoms with E-state index in [2.05, 4.69) is 11.8 Å². The first-order valence-electron chi connectivity index (χ1n) is 4.57. The SMILES string of the molecule is NCCC#Cc1cc2ccccc2o1. The van der Waals surface area contributed by atoms with Gasteiger partial charge in [0.2, 0.25) is 0 Å².